The zero-order valence-corrected chi connectivity index (χ0v) is 10.7. The van der Waals surface area contributed by atoms with Crippen LogP contribution < -0.4 is 11.3 Å². The molecule has 2 unspecified atom stereocenters. The summed E-state index contributed by atoms with van der Waals surface area (Å²) in [7, 11) is 0. The molecule has 1 aliphatic carbocycles. The minimum Gasteiger partial charge on any atom is -0.303 e. The predicted octanol–water partition coefficient (Wildman–Crippen LogP) is 1.27. The highest BCUT2D eigenvalue weighted by Gasteiger charge is 2.30. The molecule has 1 saturated heterocycles. The fourth-order valence-electron chi connectivity index (χ4n) is 3.41. The molecule has 0 spiro atoms. The van der Waals surface area contributed by atoms with Crippen molar-refractivity contribution in [3.63, 3.8) is 0 Å². The number of likely N-dealkylation sites (tertiary alicyclic amines) is 1. The molecule has 4 nitrogen and oxygen atoms in total. The number of hydrogen-bond acceptors (Lipinski definition) is 3. The van der Waals surface area contributed by atoms with E-state index in [0.717, 1.165) is 24.8 Å². The van der Waals surface area contributed by atoms with Gasteiger partial charge in [0, 0.05) is 13.0 Å². The molecule has 0 aromatic carbocycles. The molecular weight excluding hydrogens is 214 g/mol. The number of nitrogens with zero attached hydrogens (tertiary/aromatic N) is 1. The molecule has 0 aromatic rings. The summed E-state index contributed by atoms with van der Waals surface area (Å²) in [4.78, 5) is 13.6. The van der Waals surface area contributed by atoms with Crippen LogP contribution in [-0.2, 0) is 4.79 Å². The Labute approximate surface area is 104 Å². The molecule has 3 N–H and O–H groups in total. The van der Waals surface area contributed by atoms with Crippen molar-refractivity contribution in [1.29, 1.82) is 0 Å². The molecular formula is C13H25N3O. The summed E-state index contributed by atoms with van der Waals surface area (Å²) in [6.45, 7) is 3.54. The van der Waals surface area contributed by atoms with E-state index in [9.17, 15) is 4.79 Å². The fourth-order valence-corrected chi connectivity index (χ4v) is 3.41. The van der Waals surface area contributed by atoms with Gasteiger partial charge in [-0.1, -0.05) is 19.3 Å². The van der Waals surface area contributed by atoms with E-state index in [1.54, 1.807) is 0 Å². The maximum atomic E-state index is 11.0. The Hall–Kier alpha value is -0.610. The van der Waals surface area contributed by atoms with Crippen molar-refractivity contribution in [2.24, 2.45) is 17.7 Å². The van der Waals surface area contributed by atoms with Gasteiger partial charge in [-0.05, 0) is 44.2 Å². The maximum absolute atomic E-state index is 11.0. The monoisotopic (exact) mass is 239 g/mol. The van der Waals surface area contributed by atoms with E-state index >= 15 is 0 Å². The molecule has 1 heterocycles. The van der Waals surface area contributed by atoms with Crippen LogP contribution in [0.2, 0.25) is 0 Å². The van der Waals surface area contributed by atoms with Gasteiger partial charge in [-0.25, -0.2) is 5.84 Å². The van der Waals surface area contributed by atoms with Gasteiger partial charge in [0.2, 0.25) is 5.91 Å². The number of hydrazine groups is 1. The van der Waals surface area contributed by atoms with Crippen LogP contribution in [0.5, 0.6) is 0 Å². The molecule has 98 valence electrons. The Morgan fingerprint density at radius 1 is 1.24 bits per heavy atom. The molecule has 0 bridgehead atoms. The first-order valence-corrected chi connectivity index (χ1v) is 7.01. The first-order chi connectivity index (χ1) is 8.29. The van der Waals surface area contributed by atoms with Gasteiger partial charge >= 0.3 is 0 Å². The summed E-state index contributed by atoms with van der Waals surface area (Å²) in [6.07, 6.45) is 8.59. The highest BCUT2D eigenvalue weighted by molar-refractivity contribution is 5.75. The van der Waals surface area contributed by atoms with E-state index in [1.165, 1.54) is 45.2 Å². The molecule has 1 aliphatic heterocycles. The Bertz CT molecular complexity index is 257. The van der Waals surface area contributed by atoms with Crippen molar-refractivity contribution >= 4 is 5.91 Å². The number of carbonyl (C=O) groups is 1. The standard InChI is InChI=1S/C13H25N3O/c14-15-13(17)6-3-8-16-9-7-11-4-1-2-5-12(11)10-16/h11-12H,1-10,14H2,(H,15,17). The van der Waals surface area contributed by atoms with Crippen LogP contribution in [0.25, 0.3) is 0 Å². The fraction of sp³-hybridized carbons (Fsp3) is 0.923. The molecule has 17 heavy (non-hydrogen) atoms. The minimum absolute atomic E-state index is 0.0439. The number of piperidine rings is 1. The summed E-state index contributed by atoms with van der Waals surface area (Å²) >= 11 is 0. The van der Waals surface area contributed by atoms with E-state index in [0.29, 0.717) is 6.42 Å². The lowest BCUT2D eigenvalue weighted by atomic mass is 9.75. The Kier molecular flexibility index (Phi) is 4.80. The third-order valence-electron chi connectivity index (χ3n) is 4.41. The van der Waals surface area contributed by atoms with Crippen LogP contribution in [0, 0.1) is 11.8 Å². The van der Waals surface area contributed by atoms with Crippen molar-refractivity contribution in [3.8, 4) is 0 Å². The van der Waals surface area contributed by atoms with E-state index in [4.69, 9.17) is 5.84 Å². The van der Waals surface area contributed by atoms with Crippen LogP contribution >= 0.6 is 0 Å². The number of carbonyl (C=O) groups excluding carboxylic acids is 1. The normalized spacial score (nSPS) is 29.7. The number of hydrogen-bond donors (Lipinski definition) is 2. The predicted molar refractivity (Wildman–Crippen MR) is 68.1 cm³/mol. The second-order valence-electron chi connectivity index (χ2n) is 5.56. The van der Waals surface area contributed by atoms with Gasteiger partial charge < -0.3 is 4.90 Å². The third-order valence-corrected chi connectivity index (χ3v) is 4.41. The van der Waals surface area contributed by atoms with Crippen LogP contribution in [-0.4, -0.2) is 30.4 Å². The molecule has 4 heteroatoms. The number of amides is 1. The second-order valence-corrected chi connectivity index (χ2v) is 5.56. The summed E-state index contributed by atoms with van der Waals surface area (Å²) in [6, 6.07) is 0. The quantitative estimate of drug-likeness (QED) is 0.441. The van der Waals surface area contributed by atoms with Crippen LogP contribution in [0.4, 0.5) is 0 Å². The lowest BCUT2D eigenvalue weighted by molar-refractivity contribution is -0.121. The summed E-state index contributed by atoms with van der Waals surface area (Å²) in [5.74, 6) is 6.95. The van der Waals surface area contributed by atoms with Gasteiger partial charge in [-0.15, -0.1) is 0 Å². The number of nitrogens with one attached hydrogen (secondary N) is 1. The third kappa shape index (κ3) is 3.68. The highest BCUT2D eigenvalue weighted by Crippen LogP contribution is 2.35. The average molecular weight is 239 g/mol. The number of nitrogens with two attached hydrogens (primary N) is 1. The molecule has 2 rings (SSSR count). The van der Waals surface area contributed by atoms with Crippen molar-refractivity contribution < 1.29 is 4.79 Å². The van der Waals surface area contributed by atoms with Gasteiger partial charge in [0.15, 0.2) is 0 Å². The molecule has 1 saturated carbocycles. The number of rotatable bonds is 4. The smallest absolute Gasteiger partial charge is 0.233 e. The van der Waals surface area contributed by atoms with Crippen molar-refractivity contribution in [3.05, 3.63) is 0 Å². The Morgan fingerprint density at radius 2 is 2.00 bits per heavy atom. The molecule has 2 aliphatic rings. The highest BCUT2D eigenvalue weighted by atomic mass is 16.2. The average Bonchev–Trinajstić information content (AvgIpc) is 2.38. The van der Waals surface area contributed by atoms with Crippen LogP contribution in [0.15, 0.2) is 0 Å². The van der Waals surface area contributed by atoms with Crippen molar-refractivity contribution in [1.82, 2.24) is 10.3 Å². The van der Waals surface area contributed by atoms with Crippen molar-refractivity contribution in [2.75, 3.05) is 19.6 Å². The maximum Gasteiger partial charge on any atom is 0.233 e. The van der Waals surface area contributed by atoms with Gasteiger partial charge in [0.1, 0.15) is 0 Å². The van der Waals surface area contributed by atoms with Gasteiger partial charge in [0.25, 0.3) is 0 Å². The topological polar surface area (TPSA) is 58.4 Å². The summed E-state index contributed by atoms with van der Waals surface area (Å²) in [5, 5.41) is 0. The lowest BCUT2D eigenvalue weighted by Crippen LogP contribution is -2.42. The van der Waals surface area contributed by atoms with Crippen LogP contribution in [0.3, 0.4) is 0 Å². The Balaban J connectivity index is 1.67. The van der Waals surface area contributed by atoms with Gasteiger partial charge in [0.05, 0.1) is 0 Å². The molecule has 0 radical (unpaired) electrons. The first-order valence-electron chi connectivity index (χ1n) is 7.01. The van der Waals surface area contributed by atoms with Crippen LogP contribution in [0.1, 0.15) is 44.9 Å². The van der Waals surface area contributed by atoms with E-state index in [1.807, 2.05) is 0 Å². The second kappa shape index (κ2) is 6.36. The largest absolute Gasteiger partial charge is 0.303 e. The van der Waals surface area contributed by atoms with Crippen molar-refractivity contribution in [2.45, 2.75) is 44.9 Å². The minimum atomic E-state index is -0.0439. The Morgan fingerprint density at radius 3 is 2.76 bits per heavy atom. The summed E-state index contributed by atoms with van der Waals surface area (Å²) in [5.41, 5.74) is 2.19. The van der Waals surface area contributed by atoms with E-state index in [-0.39, 0.29) is 5.91 Å². The molecule has 0 aromatic heterocycles. The van der Waals surface area contributed by atoms with Gasteiger partial charge in [-0.3, -0.25) is 10.2 Å². The van der Waals surface area contributed by atoms with E-state index < -0.39 is 0 Å². The molecule has 1 amide bonds. The number of fused-ring (bicyclic) bond motifs is 1. The van der Waals surface area contributed by atoms with Gasteiger partial charge in [-0.2, -0.15) is 0 Å². The molecule has 2 fully saturated rings. The zero-order valence-electron chi connectivity index (χ0n) is 10.7. The summed E-state index contributed by atoms with van der Waals surface area (Å²) < 4.78 is 0. The first kappa shape index (κ1) is 12.8. The van der Waals surface area contributed by atoms with E-state index in [2.05, 4.69) is 10.3 Å². The SMILES string of the molecule is NNC(=O)CCCN1CCC2CCCCC2C1. The lowest BCUT2D eigenvalue weighted by Gasteiger charge is -2.41. The zero-order chi connectivity index (χ0) is 12.1. The molecule has 2 atom stereocenters.